The van der Waals surface area contributed by atoms with Gasteiger partial charge in [0.1, 0.15) is 12.0 Å². The molecule has 132 valence electrons. The zero-order valence-electron chi connectivity index (χ0n) is 14.0. The number of nitrogens with zero attached hydrogens (tertiary/aromatic N) is 3. The Kier molecular flexibility index (Phi) is 10.2. The maximum atomic E-state index is 5.10. The fourth-order valence-electron chi connectivity index (χ4n) is 2.62. The third-order valence-corrected chi connectivity index (χ3v) is 3.90. The van der Waals surface area contributed by atoms with Gasteiger partial charge >= 0.3 is 0 Å². The highest BCUT2D eigenvalue weighted by molar-refractivity contribution is 14.0. The SMILES string of the molecule is CN=C(NCc1ccon1)NC1CCN(CCCOC)CC1.I. The molecule has 0 spiro atoms. The molecule has 23 heavy (non-hydrogen) atoms. The number of rotatable bonds is 7. The summed E-state index contributed by atoms with van der Waals surface area (Å²) in [5, 5.41) is 10.6. The molecule has 1 saturated heterocycles. The first kappa shape index (κ1) is 20.2. The van der Waals surface area contributed by atoms with E-state index in [2.05, 4.69) is 25.7 Å². The Hall–Kier alpha value is -0.870. The number of guanidine groups is 1. The summed E-state index contributed by atoms with van der Waals surface area (Å²) in [6.07, 6.45) is 4.96. The van der Waals surface area contributed by atoms with Crippen molar-refractivity contribution < 1.29 is 9.26 Å². The van der Waals surface area contributed by atoms with Crippen molar-refractivity contribution >= 4 is 29.9 Å². The minimum atomic E-state index is 0. The quantitative estimate of drug-likeness (QED) is 0.291. The molecule has 2 heterocycles. The van der Waals surface area contributed by atoms with E-state index in [0.29, 0.717) is 12.6 Å². The highest BCUT2D eigenvalue weighted by Gasteiger charge is 2.19. The summed E-state index contributed by atoms with van der Waals surface area (Å²) in [5.74, 6) is 0.820. The highest BCUT2D eigenvalue weighted by atomic mass is 127. The highest BCUT2D eigenvalue weighted by Crippen LogP contribution is 2.10. The van der Waals surface area contributed by atoms with Crippen LogP contribution < -0.4 is 10.6 Å². The molecule has 0 amide bonds. The first-order chi connectivity index (χ1) is 10.8. The summed E-state index contributed by atoms with van der Waals surface area (Å²) in [4.78, 5) is 6.77. The molecule has 2 rings (SSSR count). The van der Waals surface area contributed by atoms with E-state index < -0.39 is 0 Å². The van der Waals surface area contributed by atoms with Crippen LogP contribution in [-0.2, 0) is 11.3 Å². The average Bonchev–Trinajstić information content (AvgIpc) is 3.06. The van der Waals surface area contributed by atoms with Gasteiger partial charge < -0.3 is 24.8 Å². The van der Waals surface area contributed by atoms with E-state index >= 15 is 0 Å². The molecule has 0 aliphatic carbocycles. The summed E-state index contributed by atoms with van der Waals surface area (Å²) in [6, 6.07) is 2.32. The second-order valence-electron chi connectivity index (χ2n) is 5.52. The second kappa shape index (κ2) is 11.6. The number of methoxy groups -OCH3 is 1. The third kappa shape index (κ3) is 7.49. The van der Waals surface area contributed by atoms with Gasteiger partial charge in [-0.2, -0.15) is 0 Å². The summed E-state index contributed by atoms with van der Waals surface area (Å²) < 4.78 is 9.92. The van der Waals surface area contributed by atoms with Crippen molar-refractivity contribution in [3.05, 3.63) is 18.0 Å². The van der Waals surface area contributed by atoms with Gasteiger partial charge in [0.25, 0.3) is 0 Å². The number of halogens is 1. The number of ether oxygens (including phenoxy) is 1. The number of hydrogen-bond donors (Lipinski definition) is 2. The van der Waals surface area contributed by atoms with Gasteiger partial charge in [-0.25, -0.2) is 0 Å². The van der Waals surface area contributed by atoms with Crippen molar-refractivity contribution in [2.24, 2.45) is 4.99 Å². The number of hydrogen-bond acceptors (Lipinski definition) is 5. The molecule has 0 unspecified atom stereocenters. The molecule has 0 atom stereocenters. The van der Waals surface area contributed by atoms with E-state index in [4.69, 9.17) is 9.26 Å². The van der Waals surface area contributed by atoms with Gasteiger partial charge in [-0.1, -0.05) is 5.16 Å². The Morgan fingerprint density at radius 1 is 1.48 bits per heavy atom. The number of nitrogens with one attached hydrogen (secondary N) is 2. The van der Waals surface area contributed by atoms with Crippen LogP contribution in [0.1, 0.15) is 25.0 Å². The van der Waals surface area contributed by atoms with Crippen LogP contribution in [0.2, 0.25) is 0 Å². The molecule has 0 radical (unpaired) electrons. The van der Waals surface area contributed by atoms with Crippen molar-refractivity contribution in [1.82, 2.24) is 20.7 Å². The van der Waals surface area contributed by atoms with E-state index in [9.17, 15) is 0 Å². The smallest absolute Gasteiger partial charge is 0.191 e. The van der Waals surface area contributed by atoms with Crippen molar-refractivity contribution in [2.75, 3.05) is 40.4 Å². The van der Waals surface area contributed by atoms with Gasteiger partial charge in [0.15, 0.2) is 5.96 Å². The molecule has 1 aliphatic rings. The first-order valence-electron chi connectivity index (χ1n) is 7.89. The Balaban J connectivity index is 0.00000264. The number of piperidine rings is 1. The van der Waals surface area contributed by atoms with Crippen molar-refractivity contribution in [3.8, 4) is 0 Å². The van der Waals surface area contributed by atoms with E-state index in [-0.39, 0.29) is 24.0 Å². The molecular weight excluding hydrogens is 409 g/mol. The van der Waals surface area contributed by atoms with Crippen molar-refractivity contribution in [3.63, 3.8) is 0 Å². The maximum absolute atomic E-state index is 5.10. The number of aliphatic imine (C=N–C) groups is 1. The molecule has 0 aromatic carbocycles. The van der Waals surface area contributed by atoms with Gasteiger partial charge in [-0.3, -0.25) is 4.99 Å². The van der Waals surface area contributed by atoms with E-state index in [1.54, 1.807) is 20.4 Å². The molecule has 2 N–H and O–H groups in total. The van der Waals surface area contributed by atoms with Crippen LogP contribution in [0.4, 0.5) is 0 Å². The van der Waals surface area contributed by atoms with Crippen LogP contribution in [0.5, 0.6) is 0 Å². The lowest BCUT2D eigenvalue weighted by Gasteiger charge is -2.33. The van der Waals surface area contributed by atoms with Gasteiger partial charge in [0.2, 0.25) is 0 Å². The zero-order valence-corrected chi connectivity index (χ0v) is 16.3. The van der Waals surface area contributed by atoms with Crippen LogP contribution in [0, 0.1) is 0 Å². The van der Waals surface area contributed by atoms with Crippen LogP contribution >= 0.6 is 24.0 Å². The monoisotopic (exact) mass is 437 g/mol. The normalized spacial score (nSPS) is 16.9. The number of likely N-dealkylation sites (tertiary alicyclic amines) is 1. The van der Waals surface area contributed by atoms with Gasteiger partial charge in [0.05, 0.1) is 6.54 Å². The fourth-order valence-corrected chi connectivity index (χ4v) is 2.62. The Labute approximate surface area is 155 Å². The molecule has 7 nitrogen and oxygen atoms in total. The predicted molar refractivity (Wildman–Crippen MR) is 101 cm³/mol. The molecule has 1 aromatic rings. The fraction of sp³-hybridized carbons (Fsp3) is 0.733. The van der Waals surface area contributed by atoms with E-state index in [1.807, 2.05) is 6.07 Å². The second-order valence-corrected chi connectivity index (χ2v) is 5.52. The lowest BCUT2D eigenvalue weighted by Crippen LogP contribution is -2.48. The third-order valence-electron chi connectivity index (χ3n) is 3.90. The molecular formula is C15H28IN5O2. The predicted octanol–water partition coefficient (Wildman–Crippen LogP) is 1.46. The minimum absolute atomic E-state index is 0. The molecule has 1 aromatic heterocycles. The summed E-state index contributed by atoms with van der Waals surface area (Å²) >= 11 is 0. The average molecular weight is 437 g/mol. The molecule has 8 heteroatoms. The molecule has 0 saturated carbocycles. The minimum Gasteiger partial charge on any atom is -0.385 e. The Morgan fingerprint density at radius 2 is 2.26 bits per heavy atom. The lowest BCUT2D eigenvalue weighted by molar-refractivity contribution is 0.155. The first-order valence-corrected chi connectivity index (χ1v) is 7.89. The largest absolute Gasteiger partial charge is 0.385 e. The summed E-state index contributed by atoms with van der Waals surface area (Å²) in [5.41, 5.74) is 0.871. The van der Waals surface area contributed by atoms with E-state index in [0.717, 1.165) is 57.2 Å². The van der Waals surface area contributed by atoms with Crippen molar-refractivity contribution in [1.29, 1.82) is 0 Å². The standard InChI is InChI=1S/C15H27N5O2.HI/c1-16-15(17-12-14-6-11-22-19-14)18-13-4-8-20(9-5-13)7-3-10-21-2;/h6,11,13H,3-5,7-10,12H2,1-2H3,(H2,16,17,18);1H. The molecule has 1 aliphatic heterocycles. The number of aromatic nitrogens is 1. The molecule has 1 fully saturated rings. The maximum Gasteiger partial charge on any atom is 0.191 e. The Morgan fingerprint density at radius 3 is 2.87 bits per heavy atom. The van der Waals surface area contributed by atoms with Crippen LogP contribution in [-0.4, -0.2) is 62.5 Å². The van der Waals surface area contributed by atoms with Crippen LogP contribution in [0.25, 0.3) is 0 Å². The Bertz CT molecular complexity index is 433. The topological polar surface area (TPSA) is 74.9 Å². The van der Waals surface area contributed by atoms with Crippen LogP contribution in [0.3, 0.4) is 0 Å². The molecule has 0 bridgehead atoms. The van der Waals surface area contributed by atoms with Gasteiger partial charge in [0, 0.05) is 52.5 Å². The summed E-state index contributed by atoms with van der Waals surface area (Å²) in [6.45, 7) is 4.84. The van der Waals surface area contributed by atoms with E-state index in [1.165, 1.54) is 0 Å². The lowest BCUT2D eigenvalue weighted by atomic mass is 10.1. The van der Waals surface area contributed by atoms with Crippen LogP contribution in [0.15, 0.2) is 21.8 Å². The summed E-state index contributed by atoms with van der Waals surface area (Å²) in [7, 11) is 3.55. The van der Waals surface area contributed by atoms with Gasteiger partial charge in [-0.05, 0) is 19.3 Å². The zero-order chi connectivity index (χ0) is 15.6. The van der Waals surface area contributed by atoms with Gasteiger partial charge in [-0.15, -0.1) is 24.0 Å². The van der Waals surface area contributed by atoms with Crippen molar-refractivity contribution in [2.45, 2.75) is 31.8 Å².